The van der Waals surface area contributed by atoms with Crippen LogP contribution in [-0.4, -0.2) is 6.61 Å². The lowest BCUT2D eigenvalue weighted by atomic mass is 9.71. The van der Waals surface area contributed by atoms with E-state index < -0.39 is 0 Å². The van der Waals surface area contributed by atoms with E-state index in [9.17, 15) is 0 Å². The van der Waals surface area contributed by atoms with Crippen molar-refractivity contribution < 1.29 is 4.74 Å². The first-order chi connectivity index (χ1) is 9.70. The molecule has 0 radical (unpaired) electrons. The van der Waals surface area contributed by atoms with Gasteiger partial charge in [0.25, 0.3) is 0 Å². The number of rotatable bonds is 5. The molecule has 1 nitrogen and oxygen atoms in total. The Labute approximate surface area is 123 Å². The van der Waals surface area contributed by atoms with Gasteiger partial charge < -0.3 is 4.74 Å². The molecule has 0 N–H and O–H groups in total. The van der Waals surface area contributed by atoms with Crippen LogP contribution in [0.4, 0.5) is 0 Å². The van der Waals surface area contributed by atoms with E-state index in [4.69, 9.17) is 11.2 Å². The van der Waals surface area contributed by atoms with Crippen LogP contribution >= 0.6 is 0 Å². The Hall–Kier alpha value is -1.42. The summed E-state index contributed by atoms with van der Waals surface area (Å²) in [5, 5.41) is 0. The van der Waals surface area contributed by atoms with Gasteiger partial charge in [-0.1, -0.05) is 33.1 Å². The standard InChI is InChI=1S/C19H26O/c1-5-9-10-16-14-18-17(13-15(16)6-2)19(7-3,8-4)11-12-20-18/h2,13-14H,5,7-12H2,1,3-4H3. The number of benzene rings is 1. The van der Waals surface area contributed by atoms with Gasteiger partial charge in [-0.15, -0.1) is 6.42 Å². The summed E-state index contributed by atoms with van der Waals surface area (Å²) in [6.07, 6.45) is 12.6. The molecule has 20 heavy (non-hydrogen) atoms. The highest BCUT2D eigenvalue weighted by Gasteiger charge is 2.35. The quantitative estimate of drug-likeness (QED) is 0.695. The molecular formula is C19H26O. The summed E-state index contributed by atoms with van der Waals surface area (Å²) in [7, 11) is 0. The maximum absolute atomic E-state index is 5.93. The number of hydrogen-bond acceptors (Lipinski definition) is 1. The lowest BCUT2D eigenvalue weighted by Gasteiger charge is -2.38. The minimum Gasteiger partial charge on any atom is -0.493 e. The third kappa shape index (κ3) is 2.57. The monoisotopic (exact) mass is 270 g/mol. The van der Waals surface area contributed by atoms with Crippen LogP contribution in [0.25, 0.3) is 0 Å². The molecule has 1 heterocycles. The smallest absolute Gasteiger partial charge is 0.123 e. The Morgan fingerprint density at radius 1 is 1.25 bits per heavy atom. The molecule has 1 aliphatic rings. The number of ether oxygens (including phenoxy) is 1. The molecule has 0 spiro atoms. The fraction of sp³-hybridized carbons (Fsp3) is 0.579. The van der Waals surface area contributed by atoms with Gasteiger partial charge >= 0.3 is 0 Å². The topological polar surface area (TPSA) is 9.23 Å². The molecule has 0 saturated heterocycles. The van der Waals surface area contributed by atoms with E-state index in [0.717, 1.165) is 43.6 Å². The van der Waals surface area contributed by atoms with E-state index in [0.29, 0.717) is 0 Å². The zero-order valence-electron chi connectivity index (χ0n) is 13.1. The maximum atomic E-state index is 5.93. The van der Waals surface area contributed by atoms with Crippen LogP contribution in [0, 0.1) is 12.3 Å². The molecule has 1 heteroatoms. The van der Waals surface area contributed by atoms with Gasteiger partial charge in [-0.25, -0.2) is 0 Å². The number of aryl methyl sites for hydroxylation is 1. The third-order valence-electron chi connectivity index (χ3n) is 4.92. The van der Waals surface area contributed by atoms with Crippen LogP contribution in [0.3, 0.4) is 0 Å². The second-order valence-corrected chi connectivity index (χ2v) is 5.84. The van der Waals surface area contributed by atoms with E-state index in [1.807, 2.05) is 0 Å². The Morgan fingerprint density at radius 2 is 2.00 bits per heavy atom. The fourth-order valence-corrected chi connectivity index (χ4v) is 3.34. The van der Waals surface area contributed by atoms with Gasteiger partial charge in [-0.2, -0.15) is 0 Å². The number of hydrogen-bond donors (Lipinski definition) is 0. The average Bonchev–Trinajstić information content (AvgIpc) is 2.51. The molecule has 0 atom stereocenters. The average molecular weight is 270 g/mol. The zero-order chi connectivity index (χ0) is 14.6. The van der Waals surface area contributed by atoms with Crippen LogP contribution in [0.2, 0.25) is 0 Å². The first-order valence-corrected chi connectivity index (χ1v) is 7.97. The van der Waals surface area contributed by atoms with Crippen molar-refractivity contribution in [1.82, 2.24) is 0 Å². The molecule has 0 amide bonds. The molecule has 0 aromatic heterocycles. The van der Waals surface area contributed by atoms with Crippen LogP contribution in [-0.2, 0) is 11.8 Å². The van der Waals surface area contributed by atoms with Crippen molar-refractivity contribution >= 4 is 0 Å². The number of fused-ring (bicyclic) bond motifs is 1. The third-order valence-corrected chi connectivity index (χ3v) is 4.92. The lowest BCUT2D eigenvalue weighted by molar-refractivity contribution is 0.204. The Morgan fingerprint density at radius 3 is 2.60 bits per heavy atom. The van der Waals surface area contributed by atoms with E-state index in [1.54, 1.807) is 0 Å². The molecule has 1 aliphatic heterocycles. The largest absolute Gasteiger partial charge is 0.493 e. The van der Waals surface area contributed by atoms with E-state index in [-0.39, 0.29) is 5.41 Å². The van der Waals surface area contributed by atoms with Gasteiger partial charge in [0, 0.05) is 16.5 Å². The van der Waals surface area contributed by atoms with Crippen LogP contribution in [0.5, 0.6) is 5.75 Å². The highest BCUT2D eigenvalue weighted by Crippen LogP contribution is 2.44. The lowest BCUT2D eigenvalue weighted by Crippen LogP contribution is -2.32. The van der Waals surface area contributed by atoms with Gasteiger partial charge in [0.1, 0.15) is 5.75 Å². The van der Waals surface area contributed by atoms with Crippen molar-refractivity contribution in [2.45, 2.75) is 64.7 Å². The van der Waals surface area contributed by atoms with E-state index in [2.05, 4.69) is 38.8 Å². The highest BCUT2D eigenvalue weighted by atomic mass is 16.5. The van der Waals surface area contributed by atoms with Crippen molar-refractivity contribution in [2.24, 2.45) is 0 Å². The van der Waals surface area contributed by atoms with Crippen molar-refractivity contribution in [3.63, 3.8) is 0 Å². The molecule has 1 aromatic rings. The van der Waals surface area contributed by atoms with Crippen molar-refractivity contribution in [3.8, 4) is 18.1 Å². The van der Waals surface area contributed by atoms with Gasteiger partial charge in [0.15, 0.2) is 0 Å². The van der Waals surface area contributed by atoms with Crippen LogP contribution in [0.1, 0.15) is 69.6 Å². The van der Waals surface area contributed by atoms with E-state index >= 15 is 0 Å². The van der Waals surface area contributed by atoms with Gasteiger partial charge in [-0.3, -0.25) is 0 Å². The minimum absolute atomic E-state index is 0.252. The molecule has 0 aliphatic carbocycles. The summed E-state index contributed by atoms with van der Waals surface area (Å²) in [5.41, 5.74) is 3.93. The Balaban J connectivity index is 2.49. The SMILES string of the molecule is C#Cc1cc2c(cc1CCCC)OCCC2(CC)CC. The normalized spacial score (nSPS) is 16.1. The predicted octanol–water partition coefficient (Wildman–Crippen LogP) is 4.85. The minimum atomic E-state index is 0.252. The summed E-state index contributed by atoms with van der Waals surface area (Å²) in [6, 6.07) is 4.44. The number of terminal acetylenes is 1. The van der Waals surface area contributed by atoms with Crippen LogP contribution < -0.4 is 4.74 Å². The summed E-state index contributed by atoms with van der Waals surface area (Å²) < 4.78 is 5.93. The fourth-order valence-electron chi connectivity index (χ4n) is 3.34. The predicted molar refractivity (Wildman–Crippen MR) is 85.4 cm³/mol. The van der Waals surface area contributed by atoms with Crippen molar-refractivity contribution in [1.29, 1.82) is 0 Å². The molecule has 2 rings (SSSR count). The van der Waals surface area contributed by atoms with Gasteiger partial charge in [0.05, 0.1) is 6.61 Å². The first kappa shape index (κ1) is 15.0. The summed E-state index contributed by atoms with van der Waals surface area (Å²) in [5.74, 6) is 3.96. The molecule has 108 valence electrons. The second kappa shape index (κ2) is 6.35. The summed E-state index contributed by atoms with van der Waals surface area (Å²) >= 11 is 0. The maximum Gasteiger partial charge on any atom is 0.123 e. The van der Waals surface area contributed by atoms with Crippen molar-refractivity contribution in [2.75, 3.05) is 6.61 Å². The number of unbranched alkanes of at least 4 members (excludes halogenated alkanes) is 1. The molecule has 0 unspecified atom stereocenters. The summed E-state index contributed by atoms with van der Waals surface area (Å²) in [6.45, 7) is 7.60. The second-order valence-electron chi connectivity index (χ2n) is 5.84. The molecular weight excluding hydrogens is 244 g/mol. The van der Waals surface area contributed by atoms with Gasteiger partial charge in [-0.05, 0) is 49.8 Å². The molecule has 0 saturated carbocycles. The molecule has 0 fully saturated rings. The molecule has 0 bridgehead atoms. The first-order valence-electron chi connectivity index (χ1n) is 7.97. The Kier molecular flexibility index (Phi) is 4.76. The Bertz CT molecular complexity index is 503. The molecule has 1 aromatic carbocycles. The zero-order valence-corrected chi connectivity index (χ0v) is 13.1. The van der Waals surface area contributed by atoms with Gasteiger partial charge in [0.2, 0.25) is 0 Å². The summed E-state index contributed by atoms with van der Waals surface area (Å²) in [4.78, 5) is 0. The van der Waals surface area contributed by atoms with Crippen LogP contribution in [0.15, 0.2) is 12.1 Å². The van der Waals surface area contributed by atoms with E-state index in [1.165, 1.54) is 24.0 Å². The highest BCUT2D eigenvalue weighted by molar-refractivity contribution is 5.52. The van der Waals surface area contributed by atoms with Crippen molar-refractivity contribution in [3.05, 3.63) is 28.8 Å².